The highest BCUT2D eigenvalue weighted by Crippen LogP contribution is 2.39. The number of hydrogen-bond acceptors (Lipinski definition) is 0. The molecule has 0 aliphatic rings. The maximum atomic E-state index is 2.37. The third kappa shape index (κ3) is 2.91. The highest BCUT2D eigenvalue weighted by molar-refractivity contribution is 6.08. The Bertz CT molecular complexity index is 1300. The normalized spacial score (nSPS) is 11.4. The number of fused-ring (bicyclic) bond motifs is 3. The van der Waals surface area contributed by atoms with Crippen molar-refractivity contribution in [2.24, 2.45) is 0 Å². The Morgan fingerprint density at radius 2 is 1.28 bits per heavy atom. The monoisotopic (exact) mass is 374 g/mol. The molecule has 140 valence electrons. The molecule has 0 spiro atoms. The van der Waals surface area contributed by atoms with Gasteiger partial charge in [-0.1, -0.05) is 80.6 Å². The minimum absolute atomic E-state index is 0.453. The Morgan fingerprint density at radius 3 is 1.97 bits per heavy atom. The van der Waals surface area contributed by atoms with Crippen LogP contribution in [0.25, 0.3) is 38.7 Å². The first-order valence-electron chi connectivity index (χ1n) is 10.3. The molecule has 0 fully saturated rings. The summed E-state index contributed by atoms with van der Waals surface area (Å²) < 4.78 is 2.37. The zero-order valence-electron chi connectivity index (χ0n) is 16.8. The summed E-state index contributed by atoms with van der Waals surface area (Å²) in [5, 5.41) is 2.66. The Hall–Kier alpha value is -3.45. The van der Waals surface area contributed by atoms with Gasteiger partial charge in [-0.05, 0) is 35.2 Å². The third-order valence-electron chi connectivity index (χ3n) is 5.69. The van der Waals surface area contributed by atoms with Crippen LogP contribution in [-0.2, 0) is 0 Å². The van der Waals surface area contributed by atoms with Gasteiger partial charge in [0.15, 0.2) is 6.20 Å². The topological polar surface area (TPSA) is 4.10 Å². The van der Waals surface area contributed by atoms with Gasteiger partial charge in [0.1, 0.15) is 0 Å². The van der Waals surface area contributed by atoms with E-state index in [-0.39, 0.29) is 0 Å². The summed E-state index contributed by atoms with van der Waals surface area (Å²) in [5.41, 5.74) is 7.65. The largest absolute Gasteiger partial charge is 0.226 e. The fraction of sp³-hybridized carbons (Fsp3) is 0.107. The van der Waals surface area contributed by atoms with Crippen molar-refractivity contribution in [3.8, 4) is 22.4 Å². The number of hydrogen-bond donors (Lipinski definition) is 0. The molecule has 0 radical (unpaired) electrons. The van der Waals surface area contributed by atoms with E-state index in [4.69, 9.17) is 0 Å². The molecule has 0 unspecified atom stereocenters. The molecular formula is C28H24N+. The fourth-order valence-corrected chi connectivity index (χ4v) is 4.41. The lowest BCUT2D eigenvalue weighted by atomic mass is 9.88. The lowest BCUT2D eigenvalue weighted by molar-refractivity contribution is -0.497. The SMILES string of the molecule is CC(C)c1cccc2c(-c3ccccc3)c(-c3ccccc3)[n+]3ccccc3c12. The third-order valence-corrected chi connectivity index (χ3v) is 5.69. The van der Waals surface area contributed by atoms with E-state index >= 15 is 0 Å². The summed E-state index contributed by atoms with van der Waals surface area (Å²) in [6.45, 7) is 4.56. The highest BCUT2D eigenvalue weighted by Gasteiger charge is 2.25. The van der Waals surface area contributed by atoms with E-state index in [1.54, 1.807) is 0 Å². The Morgan fingerprint density at radius 1 is 0.621 bits per heavy atom. The summed E-state index contributed by atoms with van der Waals surface area (Å²) in [7, 11) is 0. The van der Waals surface area contributed by atoms with Crippen molar-refractivity contribution in [3.05, 3.63) is 109 Å². The van der Waals surface area contributed by atoms with Crippen molar-refractivity contribution in [3.63, 3.8) is 0 Å². The van der Waals surface area contributed by atoms with Gasteiger partial charge in [-0.25, -0.2) is 0 Å². The quantitative estimate of drug-likeness (QED) is 0.236. The lowest BCUT2D eigenvalue weighted by Crippen LogP contribution is -2.26. The first-order chi connectivity index (χ1) is 14.3. The number of rotatable bonds is 3. The molecule has 0 amide bonds. The Kier molecular flexibility index (Phi) is 4.37. The molecule has 2 aromatic heterocycles. The molecule has 2 heterocycles. The molecule has 0 aliphatic carbocycles. The summed E-state index contributed by atoms with van der Waals surface area (Å²) in [5.74, 6) is 0.453. The second-order valence-electron chi connectivity index (χ2n) is 7.84. The van der Waals surface area contributed by atoms with Gasteiger partial charge in [-0.15, -0.1) is 0 Å². The van der Waals surface area contributed by atoms with E-state index in [9.17, 15) is 0 Å². The number of benzene rings is 3. The fourth-order valence-electron chi connectivity index (χ4n) is 4.41. The molecule has 0 bridgehead atoms. The van der Waals surface area contributed by atoms with Crippen LogP contribution in [0.5, 0.6) is 0 Å². The maximum Gasteiger partial charge on any atom is 0.226 e. The van der Waals surface area contributed by atoms with E-state index in [1.165, 1.54) is 44.2 Å². The average Bonchev–Trinajstić information content (AvgIpc) is 2.78. The van der Waals surface area contributed by atoms with Crippen molar-refractivity contribution in [1.29, 1.82) is 0 Å². The van der Waals surface area contributed by atoms with E-state index in [0.717, 1.165) is 0 Å². The Labute approximate surface area is 171 Å². The molecule has 0 aliphatic heterocycles. The van der Waals surface area contributed by atoms with Crippen LogP contribution in [-0.4, -0.2) is 0 Å². The molecule has 5 aromatic rings. The van der Waals surface area contributed by atoms with Gasteiger partial charge in [-0.2, -0.15) is 4.40 Å². The van der Waals surface area contributed by atoms with Crippen molar-refractivity contribution in [1.82, 2.24) is 0 Å². The molecule has 1 heteroatoms. The molecule has 5 rings (SSSR count). The smallest absolute Gasteiger partial charge is 0.159 e. The summed E-state index contributed by atoms with van der Waals surface area (Å²) in [4.78, 5) is 0. The average molecular weight is 375 g/mol. The second kappa shape index (κ2) is 7.18. The maximum absolute atomic E-state index is 2.37. The van der Waals surface area contributed by atoms with E-state index in [0.29, 0.717) is 5.92 Å². The van der Waals surface area contributed by atoms with E-state index in [1.807, 2.05) is 0 Å². The van der Waals surface area contributed by atoms with E-state index in [2.05, 4.69) is 122 Å². The minimum Gasteiger partial charge on any atom is -0.159 e. The van der Waals surface area contributed by atoms with Gasteiger partial charge in [0.05, 0.1) is 10.9 Å². The first kappa shape index (κ1) is 17.6. The van der Waals surface area contributed by atoms with Crippen LogP contribution in [0.2, 0.25) is 0 Å². The van der Waals surface area contributed by atoms with Crippen molar-refractivity contribution < 1.29 is 4.40 Å². The van der Waals surface area contributed by atoms with Crippen LogP contribution in [0.4, 0.5) is 0 Å². The van der Waals surface area contributed by atoms with Gasteiger partial charge < -0.3 is 0 Å². The summed E-state index contributed by atoms with van der Waals surface area (Å²) >= 11 is 0. The van der Waals surface area contributed by atoms with Gasteiger partial charge in [-0.3, -0.25) is 0 Å². The number of aromatic nitrogens is 1. The van der Waals surface area contributed by atoms with Crippen LogP contribution in [0.3, 0.4) is 0 Å². The predicted molar refractivity (Wildman–Crippen MR) is 122 cm³/mol. The molecular weight excluding hydrogens is 350 g/mol. The minimum atomic E-state index is 0.453. The second-order valence-corrected chi connectivity index (χ2v) is 7.84. The van der Waals surface area contributed by atoms with Crippen LogP contribution in [0, 0.1) is 0 Å². The lowest BCUT2D eigenvalue weighted by Gasteiger charge is -2.16. The van der Waals surface area contributed by atoms with Crippen LogP contribution in [0.1, 0.15) is 25.3 Å². The molecule has 1 nitrogen and oxygen atoms in total. The number of pyridine rings is 2. The molecule has 0 N–H and O–H groups in total. The number of nitrogens with zero attached hydrogens (tertiary/aromatic N) is 1. The van der Waals surface area contributed by atoms with E-state index < -0.39 is 0 Å². The standard InChI is InChI=1S/C28H24N/c1-20(2)23-16-11-17-24-26(21-12-5-3-6-13-21)28(22-14-7-4-8-15-22)29-19-10-9-18-25(29)27(23)24/h3-20H,1-2H3/q+1. The van der Waals surface area contributed by atoms with Gasteiger partial charge in [0, 0.05) is 23.1 Å². The summed E-state index contributed by atoms with van der Waals surface area (Å²) in [6, 6.07) is 34.8. The molecule has 0 saturated heterocycles. The first-order valence-corrected chi connectivity index (χ1v) is 10.3. The van der Waals surface area contributed by atoms with Gasteiger partial charge in [0.25, 0.3) is 0 Å². The molecule has 0 atom stereocenters. The molecule has 29 heavy (non-hydrogen) atoms. The van der Waals surface area contributed by atoms with Crippen molar-refractivity contribution >= 4 is 16.3 Å². The van der Waals surface area contributed by atoms with Crippen LogP contribution in [0.15, 0.2) is 103 Å². The van der Waals surface area contributed by atoms with Crippen LogP contribution < -0.4 is 4.40 Å². The highest BCUT2D eigenvalue weighted by atomic mass is 14.9. The zero-order chi connectivity index (χ0) is 19.8. The molecule has 0 saturated carbocycles. The summed E-state index contributed by atoms with van der Waals surface area (Å²) in [6.07, 6.45) is 2.20. The predicted octanol–water partition coefficient (Wildman–Crippen LogP) is 7.04. The zero-order valence-corrected chi connectivity index (χ0v) is 16.8. The van der Waals surface area contributed by atoms with Crippen molar-refractivity contribution in [2.45, 2.75) is 19.8 Å². The van der Waals surface area contributed by atoms with Crippen molar-refractivity contribution in [2.75, 3.05) is 0 Å². The van der Waals surface area contributed by atoms with Gasteiger partial charge in [0.2, 0.25) is 11.2 Å². The molecule has 3 aromatic carbocycles. The van der Waals surface area contributed by atoms with Gasteiger partial charge >= 0.3 is 0 Å². The van der Waals surface area contributed by atoms with Crippen LogP contribution >= 0.6 is 0 Å². The Balaban J connectivity index is 2.07.